The number of alkyl carbamates (subject to hydrolysis) is 1. The molecule has 23 heavy (non-hydrogen) atoms. The molecule has 5 heteroatoms. The molecule has 0 unspecified atom stereocenters. The number of methoxy groups -OCH3 is 1. The molecule has 1 amide bonds. The minimum atomic E-state index is -0.510. The Balaban J connectivity index is 1.78. The van der Waals surface area contributed by atoms with Gasteiger partial charge in [0, 0.05) is 5.56 Å². The number of hydrogen-bond acceptors (Lipinski definition) is 3. The molecule has 0 aromatic heterocycles. The molecular formula is C18H16ClNO3. The minimum absolute atomic E-state index is 0.177. The molecule has 0 bridgehead atoms. The molecule has 0 fully saturated rings. The van der Waals surface area contributed by atoms with Crippen molar-refractivity contribution >= 4 is 17.7 Å². The molecule has 0 saturated carbocycles. The number of carbonyl (C=O) groups excluding carboxylic acids is 1. The standard InChI is InChI=1S/C18H16ClNO3/c1-22-16-10-9-15(17(19)12-16)8-5-11-20-18(21)23-13-14-6-3-2-4-7-14/h2-4,6-7,9-10,12H,11,13H2,1H3,(H,20,21). The van der Waals surface area contributed by atoms with Crippen LogP contribution in [0.4, 0.5) is 4.79 Å². The smallest absolute Gasteiger partial charge is 0.408 e. The highest BCUT2D eigenvalue weighted by Gasteiger charge is 2.01. The van der Waals surface area contributed by atoms with E-state index in [1.54, 1.807) is 25.3 Å². The lowest BCUT2D eigenvalue weighted by Gasteiger charge is -2.04. The van der Waals surface area contributed by atoms with E-state index >= 15 is 0 Å². The number of hydrogen-bond donors (Lipinski definition) is 1. The van der Waals surface area contributed by atoms with Crippen molar-refractivity contribution in [1.29, 1.82) is 0 Å². The number of carbonyl (C=O) groups is 1. The van der Waals surface area contributed by atoms with E-state index in [1.165, 1.54) is 0 Å². The van der Waals surface area contributed by atoms with Crippen molar-refractivity contribution in [2.24, 2.45) is 0 Å². The first-order valence-electron chi connectivity index (χ1n) is 6.96. The van der Waals surface area contributed by atoms with E-state index in [0.717, 1.165) is 5.56 Å². The van der Waals surface area contributed by atoms with Crippen LogP contribution in [0.25, 0.3) is 0 Å². The molecule has 0 radical (unpaired) electrons. The number of halogens is 1. The van der Waals surface area contributed by atoms with E-state index in [1.807, 2.05) is 30.3 Å². The van der Waals surface area contributed by atoms with Crippen LogP contribution in [0.15, 0.2) is 48.5 Å². The second kappa shape index (κ2) is 8.72. The number of amides is 1. The van der Waals surface area contributed by atoms with Gasteiger partial charge in [-0.05, 0) is 23.8 Å². The van der Waals surface area contributed by atoms with Crippen LogP contribution in [0.2, 0.25) is 5.02 Å². The van der Waals surface area contributed by atoms with Crippen LogP contribution in [0.1, 0.15) is 11.1 Å². The number of rotatable bonds is 4. The quantitative estimate of drug-likeness (QED) is 0.871. The largest absolute Gasteiger partial charge is 0.497 e. The summed E-state index contributed by atoms with van der Waals surface area (Å²) in [5.74, 6) is 6.38. The van der Waals surface area contributed by atoms with Gasteiger partial charge in [-0.15, -0.1) is 0 Å². The van der Waals surface area contributed by atoms with Gasteiger partial charge in [-0.3, -0.25) is 0 Å². The molecule has 2 rings (SSSR count). The Kier molecular flexibility index (Phi) is 6.34. The van der Waals surface area contributed by atoms with Gasteiger partial charge in [-0.2, -0.15) is 0 Å². The molecule has 0 spiro atoms. The normalized spacial score (nSPS) is 9.48. The Hall–Kier alpha value is -2.64. The first kappa shape index (κ1) is 16.7. The lowest BCUT2D eigenvalue weighted by atomic mass is 10.2. The molecule has 4 nitrogen and oxygen atoms in total. The van der Waals surface area contributed by atoms with Gasteiger partial charge in [0.2, 0.25) is 0 Å². The molecule has 0 aliphatic rings. The predicted octanol–water partition coefficient (Wildman–Crippen LogP) is 3.63. The van der Waals surface area contributed by atoms with E-state index in [4.69, 9.17) is 21.1 Å². The average molecular weight is 330 g/mol. The molecule has 0 aliphatic carbocycles. The van der Waals surface area contributed by atoms with E-state index in [9.17, 15) is 4.79 Å². The van der Waals surface area contributed by atoms with Gasteiger partial charge in [0.25, 0.3) is 0 Å². The fourth-order valence-electron chi connectivity index (χ4n) is 1.75. The van der Waals surface area contributed by atoms with E-state index in [2.05, 4.69) is 17.2 Å². The third-order valence-electron chi connectivity index (χ3n) is 2.93. The molecule has 0 heterocycles. The highest BCUT2D eigenvalue weighted by molar-refractivity contribution is 6.31. The van der Waals surface area contributed by atoms with Crippen molar-refractivity contribution in [3.8, 4) is 17.6 Å². The van der Waals surface area contributed by atoms with Crippen LogP contribution in [0.5, 0.6) is 5.75 Å². The summed E-state index contributed by atoms with van der Waals surface area (Å²) in [5.41, 5.74) is 1.60. The van der Waals surface area contributed by atoms with Crippen LogP contribution in [0.3, 0.4) is 0 Å². The van der Waals surface area contributed by atoms with Gasteiger partial charge >= 0.3 is 6.09 Å². The summed E-state index contributed by atoms with van der Waals surface area (Å²) in [5, 5.41) is 3.07. The summed E-state index contributed by atoms with van der Waals surface area (Å²) in [6, 6.07) is 14.7. The third-order valence-corrected chi connectivity index (χ3v) is 3.25. The summed E-state index contributed by atoms with van der Waals surface area (Å²) in [6.45, 7) is 0.403. The van der Waals surface area contributed by atoms with Crippen molar-refractivity contribution in [3.05, 3.63) is 64.7 Å². The molecule has 2 aromatic rings. The SMILES string of the molecule is COc1ccc(C#CCNC(=O)OCc2ccccc2)c(Cl)c1. The van der Waals surface area contributed by atoms with Crippen LogP contribution < -0.4 is 10.1 Å². The molecule has 2 aromatic carbocycles. The van der Waals surface area contributed by atoms with Crippen molar-refractivity contribution in [3.63, 3.8) is 0 Å². The molecule has 0 saturated heterocycles. The molecular weight excluding hydrogens is 314 g/mol. The zero-order valence-corrected chi connectivity index (χ0v) is 13.4. The lowest BCUT2D eigenvalue weighted by Crippen LogP contribution is -2.24. The Morgan fingerprint density at radius 2 is 2.00 bits per heavy atom. The number of benzene rings is 2. The maximum atomic E-state index is 11.5. The second-order valence-corrected chi connectivity index (χ2v) is 4.97. The average Bonchev–Trinajstić information content (AvgIpc) is 2.58. The third kappa shape index (κ3) is 5.57. The first-order chi connectivity index (χ1) is 11.2. The Bertz CT molecular complexity index is 720. The maximum absolute atomic E-state index is 11.5. The zero-order valence-electron chi connectivity index (χ0n) is 12.6. The zero-order chi connectivity index (χ0) is 16.5. The van der Waals surface area contributed by atoms with Gasteiger partial charge < -0.3 is 14.8 Å². The van der Waals surface area contributed by atoms with Crippen LogP contribution >= 0.6 is 11.6 Å². The summed E-state index contributed by atoms with van der Waals surface area (Å²) in [6.07, 6.45) is -0.510. The fourth-order valence-corrected chi connectivity index (χ4v) is 1.97. The van der Waals surface area contributed by atoms with Gasteiger partial charge in [-0.25, -0.2) is 4.79 Å². The summed E-state index contributed by atoms with van der Waals surface area (Å²) < 4.78 is 10.1. The minimum Gasteiger partial charge on any atom is -0.497 e. The maximum Gasteiger partial charge on any atom is 0.408 e. The highest BCUT2D eigenvalue weighted by atomic mass is 35.5. The van der Waals surface area contributed by atoms with E-state index in [0.29, 0.717) is 16.3 Å². The van der Waals surface area contributed by atoms with Crippen LogP contribution in [-0.2, 0) is 11.3 Å². The van der Waals surface area contributed by atoms with Crippen molar-refractivity contribution in [1.82, 2.24) is 5.32 Å². The fraction of sp³-hybridized carbons (Fsp3) is 0.167. The molecule has 1 N–H and O–H groups in total. The Morgan fingerprint density at radius 1 is 1.22 bits per heavy atom. The number of nitrogens with one attached hydrogen (secondary N) is 1. The van der Waals surface area contributed by atoms with Crippen molar-refractivity contribution < 1.29 is 14.3 Å². The molecule has 0 aliphatic heterocycles. The number of ether oxygens (including phenoxy) is 2. The summed E-state index contributed by atoms with van der Waals surface area (Å²) in [4.78, 5) is 11.5. The summed E-state index contributed by atoms with van der Waals surface area (Å²) >= 11 is 6.07. The summed E-state index contributed by atoms with van der Waals surface area (Å²) in [7, 11) is 1.57. The van der Waals surface area contributed by atoms with Crippen molar-refractivity contribution in [2.45, 2.75) is 6.61 Å². The first-order valence-corrected chi connectivity index (χ1v) is 7.34. The van der Waals surface area contributed by atoms with Gasteiger partial charge in [-0.1, -0.05) is 53.8 Å². The van der Waals surface area contributed by atoms with E-state index < -0.39 is 6.09 Å². The lowest BCUT2D eigenvalue weighted by molar-refractivity contribution is 0.141. The molecule has 118 valence electrons. The van der Waals surface area contributed by atoms with Gasteiger partial charge in [0.1, 0.15) is 12.4 Å². The van der Waals surface area contributed by atoms with Gasteiger partial charge in [0.15, 0.2) is 0 Å². The van der Waals surface area contributed by atoms with Gasteiger partial charge in [0.05, 0.1) is 18.7 Å². The van der Waals surface area contributed by atoms with Crippen molar-refractivity contribution in [2.75, 3.05) is 13.7 Å². The monoisotopic (exact) mass is 329 g/mol. The topological polar surface area (TPSA) is 47.6 Å². The Labute approximate surface area is 140 Å². The van der Waals surface area contributed by atoms with Crippen LogP contribution in [0, 0.1) is 11.8 Å². The predicted molar refractivity (Wildman–Crippen MR) is 89.5 cm³/mol. The van der Waals surface area contributed by atoms with Crippen LogP contribution in [-0.4, -0.2) is 19.7 Å². The van der Waals surface area contributed by atoms with E-state index in [-0.39, 0.29) is 13.2 Å². The second-order valence-electron chi connectivity index (χ2n) is 4.56. The Morgan fingerprint density at radius 3 is 2.70 bits per heavy atom. The highest BCUT2D eigenvalue weighted by Crippen LogP contribution is 2.21. The molecule has 0 atom stereocenters.